The van der Waals surface area contributed by atoms with Crippen LogP contribution in [0.5, 0.6) is 0 Å². The molecular weight excluding hydrogens is 286 g/mol. The number of halogens is 1. The Morgan fingerprint density at radius 1 is 1.47 bits per heavy atom. The number of hydrogen-bond donors (Lipinski definition) is 1. The minimum Gasteiger partial charge on any atom is -0.447 e. The lowest BCUT2D eigenvalue weighted by atomic mass is 10.0. The molecule has 0 spiro atoms. The van der Waals surface area contributed by atoms with Crippen molar-refractivity contribution in [3.8, 4) is 0 Å². The first-order valence-electron chi connectivity index (χ1n) is 5.35. The first kappa shape index (κ1) is 12.4. The van der Waals surface area contributed by atoms with Crippen LogP contribution in [0.4, 0.5) is 4.79 Å². The minimum absolute atomic E-state index is 0.102. The van der Waals surface area contributed by atoms with Gasteiger partial charge in [-0.1, -0.05) is 28.1 Å². The quantitative estimate of drug-likeness (QED) is 0.930. The fraction of sp³-hybridized carbons (Fsp3) is 0.417. The third-order valence-electron chi connectivity index (χ3n) is 2.97. The van der Waals surface area contributed by atoms with Crippen molar-refractivity contribution in [1.29, 1.82) is 0 Å². The van der Waals surface area contributed by atoms with Crippen LogP contribution in [-0.2, 0) is 11.3 Å². The van der Waals surface area contributed by atoms with Crippen molar-refractivity contribution in [2.75, 3.05) is 13.2 Å². The number of carbonyl (C=O) groups is 1. The van der Waals surface area contributed by atoms with E-state index < -0.39 is 5.54 Å². The molecule has 1 aromatic rings. The molecule has 0 radical (unpaired) electrons. The highest BCUT2D eigenvalue weighted by Crippen LogP contribution is 2.26. The number of rotatable bonds is 3. The number of benzene rings is 1. The monoisotopic (exact) mass is 299 g/mol. The molecule has 0 aliphatic carbocycles. The number of cyclic esters (lactones) is 1. The van der Waals surface area contributed by atoms with Crippen LogP contribution in [0.1, 0.15) is 12.5 Å². The molecule has 1 heterocycles. The molecule has 92 valence electrons. The van der Waals surface area contributed by atoms with Crippen molar-refractivity contribution in [2.45, 2.75) is 19.0 Å². The lowest BCUT2D eigenvalue weighted by Crippen LogP contribution is -2.47. The molecule has 1 fully saturated rings. The summed E-state index contributed by atoms with van der Waals surface area (Å²) in [7, 11) is 0. The summed E-state index contributed by atoms with van der Waals surface area (Å²) in [6.45, 7) is 2.40. The lowest BCUT2D eigenvalue weighted by molar-refractivity contribution is 0.0957. The Bertz CT molecular complexity index is 420. The summed E-state index contributed by atoms with van der Waals surface area (Å²) in [6.07, 6.45) is -0.371. The minimum atomic E-state index is -0.621. The van der Waals surface area contributed by atoms with Crippen LogP contribution in [0.3, 0.4) is 0 Å². The molecule has 2 rings (SSSR count). The third-order valence-corrected chi connectivity index (χ3v) is 3.50. The summed E-state index contributed by atoms with van der Waals surface area (Å²) in [6, 6.07) is 7.72. The van der Waals surface area contributed by atoms with Gasteiger partial charge in [-0.25, -0.2) is 4.79 Å². The maximum atomic E-state index is 11.6. The van der Waals surface area contributed by atoms with Crippen LogP contribution < -0.4 is 0 Å². The molecule has 5 heteroatoms. The Morgan fingerprint density at radius 3 is 2.71 bits per heavy atom. The van der Waals surface area contributed by atoms with Crippen LogP contribution in [0.15, 0.2) is 28.7 Å². The van der Waals surface area contributed by atoms with Gasteiger partial charge in [-0.2, -0.15) is 0 Å². The van der Waals surface area contributed by atoms with Crippen molar-refractivity contribution in [1.82, 2.24) is 4.90 Å². The van der Waals surface area contributed by atoms with E-state index in [0.29, 0.717) is 6.54 Å². The summed E-state index contributed by atoms with van der Waals surface area (Å²) in [4.78, 5) is 13.2. The van der Waals surface area contributed by atoms with Gasteiger partial charge in [-0.3, -0.25) is 4.90 Å². The summed E-state index contributed by atoms with van der Waals surface area (Å²) in [5.41, 5.74) is 0.385. The first-order chi connectivity index (χ1) is 8.05. The molecule has 4 nitrogen and oxygen atoms in total. The maximum absolute atomic E-state index is 11.6. The van der Waals surface area contributed by atoms with Crippen LogP contribution in [0, 0.1) is 0 Å². The van der Waals surface area contributed by atoms with E-state index in [1.165, 1.54) is 0 Å². The van der Waals surface area contributed by atoms with Gasteiger partial charge < -0.3 is 9.84 Å². The molecule has 1 unspecified atom stereocenters. The van der Waals surface area contributed by atoms with E-state index in [0.717, 1.165) is 10.0 Å². The molecule has 17 heavy (non-hydrogen) atoms. The molecule has 0 bridgehead atoms. The fourth-order valence-electron chi connectivity index (χ4n) is 1.75. The fourth-order valence-corrected chi connectivity index (χ4v) is 2.02. The van der Waals surface area contributed by atoms with Gasteiger partial charge in [0.25, 0.3) is 0 Å². The van der Waals surface area contributed by atoms with Gasteiger partial charge in [0.2, 0.25) is 0 Å². The van der Waals surface area contributed by atoms with E-state index in [1.54, 1.807) is 4.90 Å². The predicted molar refractivity (Wildman–Crippen MR) is 66.5 cm³/mol. The lowest BCUT2D eigenvalue weighted by Gasteiger charge is -2.29. The van der Waals surface area contributed by atoms with Crippen molar-refractivity contribution in [2.24, 2.45) is 0 Å². The second kappa shape index (κ2) is 4.66. The van der Waals surface area contributed by atoms with Crippen molar-refractivity contribution < 1.29 is 14.6 Å². The van der Waals surface area contributed by atoms with Crippen LogP contribution in [0.2, 0.25) is 0 Å². The number of carbonyl (C=O) groups excluding carboxylic acids is 1. The van der Waals surface area contributed by atoms with E-state index in [2.05, 4.69) is 15.9 Å². The number of amides is 1. The third kappa shape index (κ3) is 2.45. The van der Waals surface area contributed by atoms with Gasteiger partial charge >= 0.3 is 6.09 Å². The second-order valence-corrected chi connectivity index (χ2v) is 5.34. The largest absolute Gasteiger partial charge is 0.447 e. The highest BCUT2D eigenvalue weighted by molar-refractivity contribution is 9.10. The number of hydrogen-bond acceptors (Lipinski definition) is 3. The molecule has 1 amide bonds. The molecule has 0 aromatic heterocycles. The Balaban J connectivity index is 2.16. The SMILES string of the molecule is CC1(CO)COC(=O)N1Cc1ccc(Br)cc1. The van der Waals surface area contributed by atoms with E-state index in [4.69, 9.17) is 4.74 Å². The second-order valence-electron chi connectivity index (χ2n) is 4.42. The molecule has 1 aliphatic heterocycles. The van der Waals surface area contributed by atoms with Crippen molar-refractivity contribution in [3.05, 3.63) is 34.3 Å². The number of aliphatic hydroxyl groups is 1. The van der Waals surface area contributed by atoms with E-state index in [1.807, 2.05) is 31.2 Å². The maximum Gasteiger partial charge on any atom is 0.410 e. The molecular formula is C12H14BrNO3. The Kier molecular flexibility index (Phi) is 3.40. The molecule has 1 aliphatic rings. The molecule has 0 saturated carbocycles. The van der Waals surface area contributed by atoms with Crippen molar-refractivity contribution in [3.63, 3.8) is 0 Å². The number of aliphatic hydroxyl groups excluding tert-OH is 1. The first-order valence-corrected chi connectivity index (χ1v) is 6.14. The Hall–Kier alpha value is -1.07. The van der Waals surface area contributed by atoms with Gasteiger partial charge in [0.1, 0.15) is 12.1 Å². The standard InChI is InChI=1S/C12H14BrNO3/c1-12(7-15)8-17-11(16)14(12)6-9-2-4-10(13)5-3-9/h2-5,15H,6-8H2,1H3. The van der Waals surface area contributed by atoms with E-state index in [9.17, 15) is 9.90 Å². The summed E-state index contributed by atoms with van der Waals surface area (Å²) in [5.74, 6) is 0. The topological polar surface area (TPSA) is 49.8 Å². The highest BCUT2D eigenvalue weighted by Gasteiger charge is 2.43. The summed E-state index contributed by atoms with van der Waals surface area (Å²) < 4.78 is 5.98. The van der Waals surface area contributed by atoms with Crippen LogP contribution >= 0.6 is 15.9 Å². The molecule has 1 N–H and O–H groups in total. The Labute approximate surface area is 108 Å². The average Bonchev–Trinajstić information content (AvgIpc) is 2.61. The normalized spacial score (nSPS) is 23.9. The molecule has 1 saturated heterocycles. The van der Waals surface area contributed by atoms with Gasteiger partial charge in [0.15, 0.2) is 0 Å². The van der Waals surface area contributed by atoms with E-state index >= 15 is 0 Å². The Morgan fingerprint density at radius 2 is 2.12 bits per heavy atom. The summed E-state index contributed by atoms with van der Waals surface area (Å²) in [5, 5.41) is 9.35. The molecule has 1 atom stereocenters. The molecule has 1 aromatic carbocycles. The number of nitrogens with zero attached hydrogens (tertiary/aromatic N) is 1. The highest BCUT2D eigenvalue weighted by atomic mass is 79.9. The number of ether oxygens (including phenoxy) is 1. The van der Waals surface area contributed by atoms with Crippen LogP contribution in [-0.4, -0.2) is 34.9 Å². The zero-order chi connectivity index (χ0) is 12.5. The summed E-state index contributed by atoms with van der Waals surface area (Å²) >= 11 is 3.36. The van der Waals surface area contributed by atoms with Gasteiger partial charge in [-0.05, 0) is 24.6 Å². The smallest absolute Gasteiger partial charge is 0.410 e. The van der Waals surface area contributed by atoms with Gasteiger partial charge in [-0.15, -0.1) is 0 Å². The average molecular weight is 300 g/mol. The zero-order valence-electron chi connectivity index (χ0n) is 9.52. The zero-order valence-corrected chi connectivity index (χ0v) is 11.1. The predicted octanol–water partition coefficient (Wildman–Crippen LogP) is 2.15. The van der Waals surface area contributed by atoms with E-state index in [-0.39, 0.29) is 19.3 Å². The van der Waals surface area contributed by atoms with Crippen LogP contribution in [0.25, 0.3) is 0 Å². The van der Waals surface area contributed by atoms with Crippen molar-refractivity contribution >= 4 is 22.0 Å². The van der Waals surface area contributed by atoms with Gasteiger partial charge in [0.05, 0.1) is 6.61 Å². The van der Waals surface area contributed by atoms with Gasteiger partial charge in [0, 0.05) is 11.0 Å².